The fraction of sp³-hybridized carbons (Fsp3) is 0.107. The summed E-state index contributed by atoms with van der Waals surface area (Å²) >= 11 is 0. The molecular formula is C121H93B2N5. The van der Waals surface area contributed by atoms with Crippen LogP contribution in [0.4, 0.5) is 73.9 Å². The molecule has 608 valence electrons. The molecule has 0 atom stereocenters. The maximum atomic E-state index is 2.98. The van der Waals surface area contributed by atoms with Crippen LogP contribution in [0.1, 0.15) is 58.4 Å². The van der Waals surface area contributed by atoms with E-state index in [2.05, 4.69) is 470 Å². The minimum absolute atomic E-state index is 0.266. The molecule has 0 N–H and O–H groups in total. The number of para-hydroxylation sites is 3. The molecule has 8 aliphatic rings. The van der Waals surface area contributed by atoms with E-state index in [0.717, 1.165) is 118 Å². The number of rotatable bonds is 14. The third-order valence-corrected chi connectivity index (χ3v) is 28.9. The molecule has 18 aromatic rings. The summed E-state index contributed by atoms with van der Waals surface area (Å²) in [7, 11) is 0. The first-order chi connectivity index (χ1) is 63.1. The molecule has 0 spiro atoms. The van der Waals surface area contributed by atoms with E-state index in [1.807, 2.05) is 0 Å². The molecule has 7 heteroatoms. The Bertz CT molecular complexity index is 7150. The summed E-state index contributed by atoms with van der Waals surface area (Å²) in [6, 6.07) is 163. The molecule has 0 amide bonds. The van der Waals surface area contributed by atoms with E-state index >= 15 is 0 Å². The summed E-state index contributed by atoms with van der Waals surface area (Å²) in [6.07, 6.45) is 6.20. The summed E-state index contributed by atoms with van der Waals surface area (Å²) in [4.78, 5) is 14.0. The van der Waals surface area contributed by atoms with Crippen LogP contribution in [0.5, 0.6) is 0 Å². The third-order valence-electron chi connectivity index (χ3n) is 28.9. The van der Waals surface area contributed by atoms with Gasteiger partial charge in [-0.25, -0.2) is 0 Å². The van der Waals surface area contributed by atoms with Crippen LogP contribution < -0.4 is 57.3 Å². The molecule has 0 unspecified atom stereocenters. The van der Waals surface area contributed by atoms with Crippen LogP contribution in [0.25, 0.3) is 100 Å². The predicted molar refractivity (Wildman–Crippen MR) is 542 cm³/mol. The van der Waals surface area contributed by atoms with Crippen molar-refractivity contribution in [2.24, 2.45) is 11.8 Å². The molecule has 18 aromatic carbocycles. The average molecular weight is 1640 g/mol. The van der Waals surface area contributed by atoms with Gasteiger partial charge in [-0.2, -0.15) is 0 Å². The zero-order chi connectivity index (χ0) is 84.8. The Balaban J connectivity index is 0.838. The monoisotopic (exact) mass is 1640 g/mol. The van der Waals surface area contributed by atoms with E-state index in [4.69, 9.17) is 0 Å². The van der Waals surface area contributed by atoms with Gasteiger partial charge in [0.25, 0.3) is 13.4 Å². The van der Waals surface area contributed by atoms with Gasteiger partial charge in [0, 0.05) is 102 Å². The largest absolute Gasteiger partial charge is 0.365 e. The standard InChI is InChI=1S/C121H93B2N5/c1-121(2,3)93-73-112-116-113(74-93)126(118-98(84-44-20-7-21-45-84)67-90(81-38-14-4-15-39-81)68-99(118)85-46-22-8-23-47-85)108-60-36-34-58-104(108)122(116)106-77-107-111(78-110(106)125(112)94-56-32-13-33-57-94)128(120-102(88-52-28-11-29-53-88)71-92(83-42-18-6-19-43-83)72-103(120)89-54-30-12-31-55-89)115-76-97(124-95-63-79-62-80(65-95)66-96(124)64-79)75-114-117(115)123(107)105-59-35-37-61-109(105)127(114)119-100(86-48-24-9-25-49-86)69-91(82-40-16-5-17-41-82)70-101(119)87-50-26-10-27-51-87/h4-61,67-80,95-96H,62-66H2,1-3H3. The molecule has 0 aromatic heterocycles. The summed E-state index contributed by atoms with van der Waals surface area (Å²) in [5.74, 6) is 1.47. The fourth-order valence-electron chi connectivity index (χ4n) is 23.5. The van der Waals surface area contributed by atoms with Gasteiger partial charge in [0.15, 0.2) is 0 Å². The highest BCUT2D eigenvalue weighted by Gasteiger charge is 2.53. The lowest BCUT2D eigenvalue weighted by molar-refractivity contribution is 0.0900. The molecule has 0 radical (unpaired) electrons. The molecule has 2 saturated carbocycles. The SMILES string of the molecule is CC(C)(C)c1cc2c3c(c1)N(c1c(-c4ccccc4)cc(-c4ccccc4)cc1-c1ccccc1)c1ccccc1B3c1cc3c(cc1N2c1ccccc1)N(c1c(-c2ccccc2)cc(-c2ccccc2)cc1-c1ccccc1)c1cc(N2C4CC5CC(C4)CC2C5)cc2c1B3c1ccccc1N2c1c(-c2ccccc2)cc(-c2ccccc2)cc1-c1ccccc1. The van der Waals surface area contributed by atoms with Gasteiger partial charge in [-0.05, 0) is 245 Å². The Hall–Kier alpha value is -14.9. The van der Waals surface area contributed by atoms with E-state index in [9.17, 15) is 0 Å². The fourth-order valence-corrected chi connectivity index (χ4v) is 23.5. The second-order valence-electron chi connectivity index (χ2n) is 37.4. The molecule has 4 fully saturated rings. The van der Waals surface area contributed by atoms with Crippen molar-refractivity contribution in [3.8, 4) is 100 Å². The van der Waals surface area contributed by atoms with Crippen LogP contribution >= 0.6 is 0 Å². The molecule has 2 aliphatic carbocycles. The average Bonchev–Trinajstić information content (AvgIpc) is 0.672. The third kappa shape index (κ3) is 12.4. The summed E-state index contributed by atoms with van der Waals surface area (Å²) < 4.78 is 0. The van der Waals surface area contributed by atoms with Crippen molar-refractivity contribution >= 4 is 120 Å². The molecule has 4 bridgehead atoms. The number of anilines is 13. The Morgan fingerprint density at radius 3 is 0.797 bits per heavy atom. The topological polar surface area (TPSA) is 16.2 Å². The number of benzene rings is 18. The van der Waals surface area contributed by atoms with E-state index in [-0.39, 0.29) is 18.8 Å². The van der Waals surface area contributed by atoms with Crippen LogP contribution in [0.15, 0.2) is 425 Å². The van der Waals surface area contributed by atoms with Crippen molar-refractivity contribution in [1.29, 1.82) is 0 Å². The molecule has 6 heterocycles. The summed E-state index contributed by atoms with van der Waals surface area (Å²) in [6.45, 7) is 6.65. The lowest BCUT2D eigenvalue weighted by Crippen LogP contribution is -2.65. The van der Waals surface area contributed by atoms with Crippen LogP contribution in [0, 0.1) is 11.8 Å². The van der Waals surface area contributed by atoms with Gasteiger partial charge in [0.1, 0.15) is 0 Å². The van der Waals surface area contributed by atoms with Crippen molar-refractivity contribution in [3.63, 3.8) is 0 Å². The van der Waals surface area contributed by atoms with Gasteiger partial charge in [0.2, 0.25) is 0 Å². The second-order valence-corrected chi connectivity index (χ2v) is 37.4. The first-order valence-electron chi connectivity index (χ1n) is 45.9. The Morgan fingerprint density at radius 2 is 0.477 bits per heavy atom. The Labute approximate surface area is 752 Å². The minimum Gasteiger partial charge on any atom is -0.365 e. The molecule has 6 aliphatic heterocycles. The lowest BCUT2D eigenvalue weighted by atomic mass is 9.30. The second kappa shape index (κ2) is 30.5. The maximum absolute atomic E-state index is 2.98. The maximum Gasteiger partial charge on any atom is 0.252 e. The summed E-state index contributed by atoms with van der Waals surface area (Å²) in [5.41, 5.74) is 44.5. The Morgan fingerprint density at radius 1 is 0.211 bits per heavy atom. The molecular weight excluding hydrogens is 1540 g/mol. The van der Waals surface area contributed by atoms with Gasteiger partial charge >= 0.3 is 0 Å². The van der Waals surface area contributed by atoms with E-state index in [1.54, 1.807) is 0 Å². The number of fused-ring (bicyclic) bond motifs is 8. The molecule has 5 nitrogen and oxygen atoms in total. The highest BCUT2D eigenvalue weighted by Crippen LogP contribution is 2.60. The Kier molecular flexibility index (Phi) is 18.0. The zero-order valence-electron chi connectivity index (χ0n) is 72.2. The first-order valence-corrected chi connectivity index (χ1v) is 45.9. The highest BCUT2D eigenvalue weighted by atomic mass is 15.3. The van der Waals surface area contributed by atoms with Crippen LogP contribution in [0.3, 0.4) is 0 Å². The highest BCUT2D eigenvalue weighted by molar-refractivity contribution is 7.03. The van der Waals surface area contributed by atoms with E-state index in [0.29, 0.717) is 12.1 Å². The van der Waals surface area contributed by atoms with Gasteiger partial charge < -0.3 is 24.5 Å². The quantitative estimate of drug-likeness (QED) is 0.101. The van der Waals surface area contributed by atoms with Crippen molar-refractivity contribution in [2.75, 3.05) is 24.5 Å². The van der Waals surface area contributed by atoms with Crippen molar-refractivity contribution in [2.45, 2.75) is 70.4 Å². The smallest absolute Gasteiger partial charge is 0.252 e. The molecule has 128 heavy (non-hydrogen) atoms. The zero-order valence-corrected chi connectivity index (χ0v) is 72.2. The van der Waals surface area contributed by atoms with E-state index in [1.165, 1.54) is 138 Å². The normalized spacial score (nSPS) is 16.4. The number of hydrogen-bond donors (Lipinski definition) is 0. The van der Waals surface area contributed by atoms with Gasteiger partial charge in [0.05, 0.1) is 17.1 Å². The van der Waals surface area contributed by atoms with Crippen molar-refractivity contribution in [1.82, 2.24) is 0 Å². The minimum atomic E-state index is -0.309. The summed E-state index contributed by atoms with van der Waals surface area (Å²) in [5, 5.41) is 0. The van der Waals surface area contributed by atoms with Crippen LogP contribution in [0.2, 0.25) is 0 Å². The van der Waals surface area contributed by atoms with Crippen LogP contribution in [-0.2, 0) is 5.41 Å². The van der Waals surface area contributed by atoms with Gasteiger partial charge in [-0.3, -0.25) is 0 Å². The number of piperidine rings is 2. The van der Waals surface area contributed by atoms with Crippen molar-refractivity contribution in [3.05, 3.63) is 430 Å². The van der Waals surface area contributed by atoms with Crippen LogP contribution in [-0.4, -0.2) is 25.5 Å². The number of hydrogen-bond acceptors (Lipinski definition) is 5. The number of nitrogens with zero attached hydrogens (tertiary/aromatic N) is 5. The molecule has 2 saturated heterocycles. The van der Waals surface area contributed by atoms with Gasteiger partial charge in [-0.1, -0.05) is 354 Å². The lowest BCUT2D eigenvalue weighted by Gasteiger charge is -2.58. The van der Waals surface area contributed by atoms with Crippen molar-refractivity contribution < 1.29 is 0 Å². The molecule has 26 rings (SSSR count). The predicted octanol–water partition coefficient (Wildman–Crippen LogP) is 27.9. The first kappa shape index (κ1) is 75.6. The van der Waals surface area contributed by atoms with Gasteiger partial charge in [-0.15, -0.1) is 0 Å². The van der Waals surface area contributed by atoms with E-state index < -0.39 is 0 Å².